The van der Waals surface area contributed by atoms with Crippen LogP contribution in [-0.4, -0.2) is 37.7 Å². The Morgan fingerprint density at radius 3 is 3.05 bits per heavy atom. The number of ether oxygens (including phenoxy) is 1. The standard InChI is InChI=1S/C16H25ClN2O/c1-3-8-18-11-15-5-4-9-19(15)12-13-10-14(17)6-7-16(13)20-2/h6-7,10,15,18H,3-5,8-9,11-12H2,1-2H3. The van der Waals surface area contributed by atoms with Crippen molar-refractivity contribution in [2.45, 2.75) is 38.8 Å². The molecule has 0 saturated carbocycles. The van der Waals surface area contributed by atoms with E-state index in [4.69, 9.17) is 16.3 Å². The van der Waals surface area contributed by atoms with Crippen LogP contribution in [0.3, 0.4) is 0 Å². The third-order valence-electron chi connectivity index (χ3n) is 3.92. The van der Waals surface area contributed by atoms with E-state index in [1.54, 1.807) is 7.11 Å². The van der Waals surface area contributed by atoms with Gasteiger partial charge in [-0.25, -0.2) is 0 Å². The van der Waals surface area contributed by atoms with Gasteiger partial charge in [0.05, 0.1) is 7.11 Å². The maximum Gasteiger partial charge on any atom is 0.123 e. The summed E-state index contributed by atoms with van der Waals surface area (Å²) in [6.07, 6.45) is 3.75. The fourth-order valence-electron chi connectivity index (χ4n) is 2.87. The number of nitrogens with one attached hydrogen (secondary N) is 1. The minimum atomic E-state index is 0.630. The number of nitrogens with zero attached hydrogens (tertiary/aromatic N) is 1. The van der Waals surface area contributed by atoms with Crippen LogP contribution in [0, 0.1) is 0 Å². The van der Waals surface area contributed by atoms with Crippen molar-refractivity contribution in [1.82, 2.24) is 10.2 Å². The van der Waals surface area contributed by atoms with Gasteiger partial charge < -0.3 is 10.1 Å². The molecule has 0 aromatic heterocycles. The number of methoxy groups -OCH3 is 1. The molecule has 1 N–H and O–H groups in total. The molecular weight excluding hydrogens is 272 g/mol. The third-order valence-corrected chi connectivity index (χ3v) is 4.16. The molecule has 0 amide bonds. The molecule has 0 bridgehead atoms. The molecule has 0 radical (unpaired) electrons. The van der Waals surface area contributed by atoms with E-state index in [0.29, 0.717) is 6.04 Å². The first-order valence-corrected chi connectivity index (χ1v) is 7.89. The Kier molecular flexibility index (Phi) is 6.14. The highest BCUT2D eigenvalue weighted by atomic mass is 35.5. The van der Waals surface area contributed by atoms with Crippen molar-refractivity contribution in [1.29, 1.82) is 0 Å². The van der Waals surface area contributed by atoms with Gasteiger partial charge in [0.2, 0.25) is 0 Å². The van der Waals surface area contributed by atoms with Crippen molar-refractivity contribution in [3.05, 3.63) is 28.8 Å². The number of likely N-dealkylation sites (tertiary alicyclic amines) is 1. The Balaban J connectivity index is 1.99. The molecule has 112 valence electrons. The van der Waals surface area contributed by atoms with Crippen LogP contribution < -0.4 is 10.1 Å². The molecule has 1 aromatic rings. The average Bonchev–Trinajstić information content (AvgIpc) is 2.87. The van der Waals surface area contributed by atoms with Gasteiger partial charge in [0.15, 0.2) is 0 Å². The van der Waals surface area contributed by atoms with E-state index in [9.17, 15) is 0 Å². The van der Waals surface area contributed by atoms with Crippen molar-refractivity contribution in [3.63, 3.8) is 0 Å². The molecular formula is C16H25ClN2O. The lowest BCUT2D eigenvalue weighted by Crippen LogP contribution is -2.37. The van der Waals surface area contributed by atoms with Crippen LogP contribution in [-0.2, 0) is 6.54 Å². The van der Waals surface area contributed by atoms with E-state index in [2.05, 4.69) is 17.1 Å². The monoisotopic (exact) mass is 296 g/mol. The Hall–Kier alpha value is -0.770. The summed E-state index contributed by atoms with van der Waals surface area (Å²) in [6, 6.07) is 6.49. The second kappa shape index (κ2) is 7.87. The zero-order valence-corrected chi connectivity index (χ0v) is 13.2. The molecule has 1 heterocycles. The molecule has 1 aromatic carbocycles. The van der Waals surface area contributed by atoms with Gasteiger partial charge in [-0.3, -0.25) is 4.90 Å². The number of rotatable bonds is 7. The smallest absolute Gasteiger partial charge is 0.123 e. The van der Waals surface area contributed by atoms with Crippen LogP contribution in [0.2, 0.25) is 5.02 Å². The van der Waals surface area contributed by atoms with E-state index < -0.39 is 0 Å². The summed E-state index contributed by atoms with van der Waals surface area (Å²) in [6.45, 7) is 6.47. The molecule has 2 rings (SSSR count). The zero-order chi connectivity index (χ0) is 14.4. The topological polar surface area (TPSA) is 24.5 Å². The molecule has 4 heteroatoms. The lowest BCUT2D eigenvalue weighted by Gasteiger charge is -2.25. The summed E-state index contributed by atoms with van der Waals surface area (Å²) in [5, 5.41) is 4.31. The molecule has 20 heavy (non-hydrogen) atoms. The predicted octanol–water partition coefficient (Wildman–Crippen LogP) is 3.31. The molecule has 1 unspecified atom stereocenters. The molecule has 3 nitrogen and oxygen atoms in total. The van der Waals surface area contributed by atoms with Crippen molar-refractivity contribution in [2.75, 3.05) is 26.7 Å². The van der Waals surface area contributed by atoms with Gasteiger partial charge >= 0.3 is 0 Å². The maximum atomic E-state index is 6.11. The normalized spacial score (nSPS) is 19.4. The first-order valence-electron chi connectivity index (χ1n) is 7.51. The molecule has 0 spiro atoms. The van der Waals surface area contributed by atoms with Gasteiger partial charge in [-0.2, -0.15) is 0 Å². The first kappa shape index (κ1) is 15.6. The molecule has 1 aliphatic rings. The quantitative estimate of drug-likeness (QED) is 0.781. The van der Waals surface area contributed by atoms with Crippen molar-refractivity contribution in [2.24, 2.45) is 0 Å². The van der Waals surface area contributed by atoms with E-state index in [1.807, 2.05) is 18.2 Å². The Labute approximate surface area is 127 Å². The maximum absolute atomic E-state index is 6.11. The lowest BCUT2D eigenvalue weighted by atomic mass is 10.1. The predicted molar refractivity (Wildman–Crippen MR) is 84.6 cm³/mol. The second-order valence-electron chi connectivity index (χ2n) is 5.43. The number of hydrogen-bond acceptors (Lipinski definition) is 3. The number of benzene rings is 1. The van der Waals surface area contributed by atoms with Crippen molar-refractivity contribution in [3.8, 4) is 5.75 Å². The van der Waals surface area contributed by atoms with Crippen LogP contribution in [0.1, 0.15) is 31.7 Å². The molecule has 0 aliphatic carbocycles. The fourth-order valence-corrected chi connectivity index (χ4v) is 3.06. The summed E-state index contributed by atoms with van der Waals surface area (Å²) >= 11 is 6.11. The van der Waals surface area contributed by atoms with Crippen LogP contribution in [0.15, 0.2) is 18.2 Å². The number of halogens is 1. The Morgan fingerprint density at radius 1 is 1.45 bits per heavy atom. The highest BCUT2D eigenvalue weighted by Crippen LogP contribution is 2.27. The largest absolute Gasteiger partial charge is 0.496 e. The zero-order valence-electron chi connectivity index (χ0n) is 12.5. The second-order valence-corrected chi connectivity index (χ2v) is 5.86. The Bertz CT molecular complexity index is 425. The Morgan fingerprint density at radius 2 is 2.30 bits per heavy atom. The third kappa shape index (κ3) is 4.11. The van der Waals surface area contributed by atoms with Gasteiger partial charge in [0, 0.05) is 29.7 Å². The summed E-state index contributed by atoms with van der Waals surface area (Å²) in [7, 11) is 1.72. The average molecular weight is 297 g/mol. The number of hydrogen-bond donors (Lipinski definition) is 1. The minimum absolute atomic E-state index is 0.630. The fraction of sp³-hybridized carbons (Fsp3) is 0.625. The molecule has 1 aliphatic heterocycles. The SMILES string of the molecule is CCCNCC1CCCN1Cc1cc(Cl)ccc1OC. The van der Waals surface area contributed by atoms with Gasteiger partial charge in [-0.15, -0.1) is 0 Å². The first-order chi connectivity index (χ1) is 9.74. The van der Waals surface area contributed by atoms with Gasteiger partial charge in [0.25, 0.3) is 0 Å². The summed E-state index contributed by atoms with van der Waals surface area (Å²) in [4.78, 5) is 2.54. The van der Waals surface area contributed by atoms with Gasteiger partial charge in [-0.1, -0.05) is 18.5 Å². The lowest BCUT2D eigenvalue weighted by molar-refractivity contribution is 0.236. The highest BCUT2D eigenvalue weighted by molar-refractivity contribution is 6.30. The van der Waals surface area contributed by atoms with E-state index >= 15 is 0 Å². The van der Waals surface area contributed by atoms with Gasteiger partial charge in [0.1, 0.15) is 5.75 Å². The molecule has 1 saturated heterocycles. The van der Waals surface area contributed by atoms with Crippen LogP contribution >= 0.6 is 11.6 Å². The van der Waals surface area contributed by atoms with E-state index in [0.717, 1.165) is 37.0 Å². The van der Waals surface area contributed by atoms with Gasteiger partial charge in [-0.05, 0) is 50.6 Å². The molecule has 1 fully saturated rings. The van der Waals surface area contributed by atoms with Crippen LogP contribution in [0.5, 0.6) is 5.75 Å². The summed E-state index contributed by atoms with van der Waals surface area (Å²) < 4.78 is 5.44. The van der Waals surface area contributed by atoms with Crippen LogP contribution in [0.25, 0.3) is 0 Å². The highest BCUT2D eigenvalue weighted by Gasteiger charge is 2.24. The van der Waals surface area contributed by atoms with E-state index in [1.165, 1.54) is 24.8 Å². The van der Waals surface area contributed by atoms with Crippen LogP contribution in [0.4, 0.5) is 0 Å². The minimum Gasteiger partial charge on any atom is -0.496 e. The summed E-state index contributed by atoms with van der Waals surface area (Å²) in [5.74, 6) is 0.932. The summed E-state index contributed by atoms with van der Waals surface area (Å²) in [5.41, 5.74) is 1.18. The molecule has 1 atom stereocenters. The van der Waals surface area contributed by atoms with E-state index in [-0.39, 0.29) is 0 Å². The van der Waals surface area contributed by atoms with Crippen molar-refractivity contribution < 1.29 is 4.74 Å². The van der Waals surface area contributed by atoms with Crippen molar-refractivity contribution >= 4 is 11.6 Å².